The van der Waals surface area contributed by atoms with Crippen LogP contribution in [-0.4, -0.2) is 36.4 Å². The van der Waals surface area contributed by atoms with Gasteiger partial charge in [-0.25, -0.2) is 9.78 Å². The molecule has 142 valence electrons. The van der Waals surface area contributed by atoms with Crippen LogP contribution in [-0.2, 0) is 13.6 Å². The lowest BCUT2D eigenvalue weighted by Gasteiger charge is -2.31. The van der Waals surface area contributed by atoms with Crippen LogP contribution in [0.4, 0.5) is 10.6 Å². The van der Waals surface area contributed by atoms with Crippen molar-refractivity contribution in [2.45, 2.75) is 33.4 Å². The summed E-state index contributed by atoms with van der Waals surface area (Å²) in [5.41, 5.74) is 1.35. The van der Waals surface area contributed by atoms with E-state index in [9.17, 15) is 4.79 Å². The van der Waals surface area contributed by atoms with Crippen LogP contribution >= 0.6 is 0 Å². The molecule has 0 spiro atoms. The van der Waals surface area contributed by atoms with Gasteiger partial charge in [0.1, 0.15) is 11.5 Å². The van der Waals surface area contributed by atoms with E-state index in [1.165, 1.54) is 0 Å². The summed E-state index contributed by atoms with van der Waals surface area (Å²) in [6.07, 6.45) is 7.08. The highest BCUT2D eigenvalue weighted by Crippen LogP contribution is 2.22. The molecule has 2 N–H and O–H groups in total. The van der Waals surface area contributed by atoms with Crippen LogP contribution in [0.3, 0.4) is 0 Å². The van der Waals surface area contributed by atoms with Crippen LogP contribution in [0.25, 0.3) is 11.4 Å². The first-order valence-corrected chi connectivity index (χ1v) is 8.81. The van der Waals surface area contributed by atoms with Gasteiger partial charge in [-0.3, -0.25) is 15.0 Å². The van der Waals surface area contributed by atoms with Crippen molar-refractivity contribution >= 4 is 11.8 Å². The van der Waals surface area contributed by atoms with Crippen molar-refractivity contribution in [1.29, 1.82) is 0 Å². The SMILES string of the molecule is Cn1nc(-c2ccccn2)cc1NC(=O)N[C@H](Cn1ccnc1)C(C)(C)C. The lowest BCUT2D eigenvalue weighted by molar-refractivity contribution is 0.218. The van der Waals surface area contributed by atoms with E-state index in [-0.39, 0.29) is 17.5 Å². The van der Waals surface area contributed by atoms with Crippen molar-refractivity contribution in [2.75, 3.05) is 5.32 Å². The van der Waals surface area contributed by atoms with Gasteiger partial charge in [0.2, 0.25) is 0 Å². The van der Waals surface area contributed by atoms with Gasteiger partial charge in [-0.15, -0.1) is 0 Å². The fraction of sp³-hybridized carbons (Fsp3) is 0.368. The summed E-state index contributed by atoms with van der Waals surface area (Å²) in [6.45, 7) is 6.93. The van der Waals surface area contributed by atoms with Gasteiger partial charge < -0.3 is 9.88 Å². The molecule has 2 amide bonds. The third-order valence-electron chi connectivity index (χ3n) is 4.35. The Bertz CT molecular complexity index is 879. The van der Waals surface area contributed by atoms with Gasteiger partial charge in [0.15, 0.2) is 0 Å². The van der Waals surface area contributed by atoms with Crippen molar-refractivity contribution < 1.29 is 4.79 Å². The van der Waals surface area contributed by atoms with Crippen LogP contribution in [0.2, 0.25) is 0 Å². The van der Waals surface area contributed by atoms with E-state index in [0.717, 1.165) is 5.69 Å². The quantitative estimate of drug-likeness (QED) is 0.725. The van der Waals surface area contributed by atoms with Crippen LogP contribution < -0.4 is 10.6 Å². The van der Waals surface area contributed by atoms with Crippen LogP contribution in [0.5, 0.6) is 0 Å². The Morgan fingerprint density at radius 3 is 2.67 bits per heavy atom. The summed E-state index contributed by atoms with van der Waals surface area (Å²) in [4.78, 5) is 20.9. The Morgan fingerprint density at radius 2 is 2.04 bits per heavy atom. The first-order valence-electron chi connectivity index (χ1n) is 8.81. The normalized spacial score (nSPS) is 12.6. The van der Waals surface area contributed by atoms with Crippen LogP contribution in [0.1, 0.15) is 20.8 Å². The molecule has 27 heavy (non-hydrogen) atoms. The molecule has 0 unspecified atom stereocenters. The predicted octanol–water partition coefficient (Wildman–Crippen LogP) is 2.92. The highest BCUT2D eigenvalue weighted by atomic mass is 16.2. The number of hydrogen-bond acceptors (Lipinski definition) is 4. The minimum absolute atomic E-state index is 0.0739. The lowest BCUT2D eigenvalue weighted by atomic mass is 9.86. The molecule has 0 aliphatic carbocycles. The van der Waals surface area contributed by atoms with Crippen molar-refractivity contribution in [1.82, 2.24) is 29.6 Å². The molecule has 0 radical (unpaired) electrons. The first kappa shape index (κ1) is 18.6. The standard InChI is InChI=1S/C19H25N7O/c1-19(2,3)16(12-26-10-9-20-13-26)22-18(27)23-17-11-15(24-25(17)4)14-7-5-6-8-21-14/h5-11,13,16H,12H2,1-4H3,(H2,22,23,27)/t16-/m1/s1. The molecule has 3 heterocycles. The minimum Gasteiger partial charge on any atom is -0.335 e. The fourth-order valence-electron chi connectivity index (χ4n) is 2.68. The molecule has 3 aromatic rings. The maximum Gasteiger partial charge on any atom is 0.320 e. The Hall–Kier alpha value is -3.16. The predicted molar refractivity (Wildman–Crippen MR) is 104 cm³/mol. The summed E-state index contributed by atoms with van der Waals surface area (Å²) >= 11 is 0. The van der Waals surface area contributed by atoms with Gasteiger partial charge in [0, 0.05) is 38.2 Å². The summed E-state index contributed by atoms with van der Waals surface area (Å²) < 4.78 is 3.59. The van der Waals surface area contributed by atoms with E-state index < -0.39 is 0 Å². The zero-order valence-electron chi connectivity index (χ0n) is 16.0. The molecular weight excluding hydrogens is 342 g/mol. The molecule has 0 bridgehead atoms. The number of anilines is 1. The number of imidazole rings is 1. The van der Waals surface area contributed by atoms with E-state index >= 15 is 0 Å². The number of nitrogens with zero attached hydrogens (tertiary/aromatic N) is 5. The van der Waals surface area contributed by atoms with Gasteiger partial charge >= 0.3 is 6.03 Å². The molecule has 0 saturated heterocycles. The molecule has 8 heteroatoms. The summed E-state index contributed by atoms with van der Waals surface area (Å²) in [5.74, 6) is 0.600. The minimum atomic E-state index is -0.273. The smallest absolute Gasteiger partial charge is 0.320 e. The van der Waals surface area contributed by atoms with E-state index in [2.05, 4.69) is 46.5 Å². The number of pyridine rings is 1. The maximum atomic E-state index is 12.6. The van der Waals surface area contributed by atoms with Gasteiger partial charge in [-0.05, 0) is 17.5 Å². The average Bonchev–Trinajstić information content (AvgIpc) is 3.25. The molecule has 8 nitrogen and oxygen atoms in total. The van der Waals surface area contributed by atoms with Crippen LogP contribution in [0, 0.1) is 5.41 Å². The van der Waals surface area contributed by atoms with E-state index in [4.69, 9.17) is 0 Å². The zero-order valence-corrected chi connectivity index (χ0v) is 16.0. The van der Waals surface area contributed by atoms with Crippen LogP contribution in [0.15, 0.2) is 49.2 Å². The highest BCUT2D eigenvalue weighted by molar-refractivity contribution is 5.89. The van der Waals surface area contributed by atoms with Crippen molar-refractivity contribution in [3.05, 3.63) is 49.2 Å². The second-order valence-corrected chi connectivity index (χ2v) is 7.53. The van der Waals surface area contributed by atoms with Gasteiger partial charge in [-0.2, -0.15) is 5.10 Å². The third kappa shape index (κ3) is 4.72. The van der Waals surface area contributed by atoms with Crippen molar-refractivity contribution in [3.63, 3.8) is 0 Å². The molecule has 3 aromatic heterocycles. The monoisotopic (exact) mass is 367 g/mol. The Balaban J connectivity index is 1.70. The van der Waals surface area contributed by atoms with E-state index in [0.29, 0.717) is 18.1 Å². The van der Waals surface area contributed by atoms with Gasteiger partial charge in [0.25, 0.3) is 0 Å². The second kappa shape index (κ2) is 7.61. The number of carbonyl (C=O) groups excluding carboxylic acids is 1. The number of rotatable bonds is 5. The molecular formula is C19H25N7O. The number of amides is 2. The number of hydrogen-bond donors (Lipinski definition) is 2. The number of carbonyl (C=O) groups is 1. The lowest BCUT2D eigenvalue weighted by Crippen LogP contribution is -2.48. The summed E-state index contributed by atoms with van der Waals surface area (Å²) in [5, 5.41) is 10.4. The summed E-state index contributed by atoms with van der Waals surface area (Å²) in [6, 6.07) is 7.10. The molecule has 0 saturated carbocycles. The number of aryl methyl sites for hydroxylation is 1. The largest absolute Gasteiger partial charge is 0.335 e. The van der Waals surface area contributed by atoms with E-state index in [1.54, 1.807) is 30.5 Å². The Morgan fingerprint density at radius 1 is 1.22 bits per heavy atom. The van der Waals surface area contributed by atoms with Crippen molar-refractivity contribution in [2.24, 2.45) is 12.5 Å². The van der Waals surface area contributed by atoms with Crippen molar-refractivity contribution in [3.8, 4) is 11.4 Å². The maximum absolute atomic E-state index is 12.6. The second-order valence-electron chi connectivity index (χ2n) is 7.53. The average molecular weight is 367 g/mol. The third-order valence-corrected chi connectivity index (χ3v) is 4.35. The fourth-order valence-corrected chi connectivity index (χ4v) is 2.68. The molecule has 3 rings (SSSR count). The zero-order chi connectivity index (χ0) is 19.4. The molecule has 1 atom stereocenters. The van der Waals surface area contributed by atoms with E-state index in [1.807, 2.05) is 35.0 Å². The van der Waals surface area contributed by atoms with Gasteiger partial charge in [0.05, 0.1) is 18.1 Å². The number of urea groups is 1. The van der Waals surface area contributed by atoms with Gasteiger partial charge in [-0.1, -0.05) is 26.8 Å². The number of aromatic nitrogens is 5. The summed E-state index contributed by atoms with van der Waals surface area (Å²) in [7, 11) is 1.79. The molecule has 0 aliphatic rings. The first-order chi connectivity index (χ1) is 12.8. The Kier molecular flexibility index (Phi) is 5.25. The highest BCUT2D eigenvalue weighted by Gasteiger charge is 2.27. The number of nitrogens with one attached hydrogen (secondary N) is 2. The topological polar surface area (TPSA) is 89.7 Å². The molecule has 0 fully saturated rings. The Labute approximate surface area is 158 Å². The molecule has 0 aliphatic heterocycles. The molecule has 0 aromatic carbocycles.